The van der Waals surface area contributed by atoms with E-state index < -0.39 is 16.8 Å². The summed E-state index contributed by atoms with van der Waals surface area (Å²) in [5.41, 5.74) is 1.89. The van der Waals surface area contributed by atoms with Crippen molar-refractivity contribution in [2.24, 2.45) is 4.99 Å². The van der Waals surface area contributed by atoms with E-state index in [0.29, 0.717) is 34.9 Å². The zero-order chi connectivity index (χ0) is 27.4. The van der Waals surface area contributed by atoms with Crippen LogP contribution in [0.2, 0.25) is 10.0 Å². The summed E-state index contributed by atoms with van der Waals surface area (Å²) in [6.07, 6.45) is 0.610. The highest BCUT2D eigenvalue weighted by Gasteiger charge is 2.48. The van der Waals surface area contributed by atoms with Gasteiger partial charge >= 0.3 is 0 Å². The summed E-state index contributed by atoms with van der Waals surface area (Å²) in [5, 5.41) is 11.8. The molecule has 2 aliphatic heterocycles. The first-order chi connectivity index (χ1) is 17.9. The molecule has 2 unspecified atom stereocenters. The molecule has 0 amide bonds. The van der Waals surface area contributed by atoms with E-state index in [1.54, 1.807) is 39.2 Å². The van der Waals surface area contributed by atoms with Crippen LogP contribution in [-0.4, -0.2) is 30.0 Å². The Bertz CT molecular complexity index is 1420. The van der Waals surface area contributed by atoms with E-state index in [9.17, 15) is 9.50 Å². The molecule has 2 atom stereocenters. The molecular weight excluding hydrogens is 549 g/mol. The molecule has 4 nitrogen and oxygen atoms in total. The summed E-state index contributed by atoms with van der Waals surface area (Å²) in [4.78, 5) is 7.00. The van der Waals surface area contributed by atoms with Gasteiger partial charge in [-0.2, -0.15) is 0 Å². The summed E-state index contributed by atoms with van der Waals surface area (Å²) in [5.74, 6) is 0.0526. The maximum atomic E-state index is 15.1. The third kappa shape index (κ3) is 4.79. The molecule has 0 aliphatic carbocycles. The third-order valence-electron chi connectivity index (χ3n) is 7.52. The zero-order valence-corrected chi connectivity index (χ0v) is 23.8. The predicted octanol–water partition coefficient (Wildman–Crippen LogP) is 7.50. The topological polar surface area (TPSA) is 45.1 Å². The average molecular weight is 578 g/mol. The summed E-state index contributed by atoms with van der Waals surface area (Å²) < 4.78 is 34.9. The molecule has 5 rings (SSSR count). The van der Waals surface area contributed by atoms with E-state index in [1.165, 1.54) is 23.9 Å². The quantitative estimate of drug-likeness (QED) is 0.341. The fourth-order valence-electron chi connectivity index (χ4n) is 5.31. The first-order valence-electron chi connectivity index (χ1n) is 12.2. The van der Waals surface area contributed by atoms with E-state index >= 15 is 4.39 Å². The molecule has 3 aromatic rings. The number of rotatable bonds is 5. The average Bonchev–Trinajstić information content (AvgIpc) is 3.28. The lowest BCUT2D eigenvalue weighted by molar-refractivity contribution is 0.0782. The summed E-state index contributed by atoms with van der Waals surface area (Å²) in [6.45, 7) is 5.85. The van der Waals surface area contributed by atoms with Crippen molar-refractivity contribution in [2.45, 2.75) is 50.0 Å². The largest absolute Gasteiger partial charge is 0.495 e. The monoisotopic (exact) mass is 576 g/mol. The van der Waals surface area contributed by atoms with Crippen molar-refractivity contribution in [3.63, 3.8) is 0 Å². The molecule has 200 valence electrons. The molecule has 0 radical (unpaired) electrons. The van der Waals surface area contributed by atoms with Crippen molar-refractivity contribution in [2.75, 3.05) is 18.6 Å². The first kappa shape index (κ1) is 27.3. The number of fused-ring (bicyclic) bond motifs is 3. The molecule has 2 aliphatic rings. The minimum absolute atomic E-state index is 0.0493. The van der Waals surface area contributed by atoms with Crippen LogP contribution in [0.5, 0.6) is 5.75 Å². The van der Waals surface area contributed by atoms with Gasteiger partial charge in [0.1, 0.15) is 17.4 Å². The highest BCUT2D eigenvalue weighted by molar-refractivity contribution is 8.13. The van der Waals surface area contributed by atoms with Crippen LogP contribution >= 0.6 is 35.0 Å². The van der Waals surface area contributed by atoms with Crippen molar-refractivity contribution < 1.29 is 18.6 Å². The molecule has 38 heavy (non-hydrogen) atoms. The molecule has 0 bridgehead atoms. The van der Waals surface area contributed by atoms with Crippen molar-refractivity contribution in [1.82, 2.24) is 0 Å². The number of ether oxygens (including phenoxy) is 1. The Balaban J connectivity index is 1.50. The fourth-order valence-corrected chi connectivity index (χ4v) is 6.96. The standard InChI is InChI=1S/C29H28Cl2F2N2O2S/c1-28(2,36)18-10-22(31)20(23(33)11-18)15-38-27-34-14-26-29(3,17-5-7-21(30)25(12-17)37-4)13-16-9-19(32)6-8-24(16)35(26)27/h5-12,26,36H,13-15H2,1-4H3. The number of anilines is 1. The van der Waals surface area contributed by atoms with Crippen LogP contribution in [0, 0.1) is 11.6 Å². The van der Waals surface area contributed by atoms with Crippen LogP contribution in [0.3, 0.4) is 0 Å². The number of methoxy groups -OCH3 is 1. The maximum Gasteiger partial charge on any atom is 0.164 e. The molecular formula is C29H28Cl2F2N2O2S. The van der Waals surface area contributed by atoms with Gasteiger partial charge in [-0.25, -0.2) is 8.78 Å². The van der Waals surface area contributed by atoms with Crippen LogP contribution in [-0.2, 0) is 23.2 Å². The second kappa shape index (κ2) is 10.0. The smallest absolute Gasteiger partial charge is 0.164 e. The van der Waals surface area contributed by atoms with Crippen LogP contribution < -0.4 is 9.64 Å². The fraction of sp³-hybridized carbons (Fsp3) is 0.345. The summed E-state index contributed by atoms with van der Waals surface area (Å²) in [7, 11) is 1.58. The van der Waals surface area contributed by atoms with Gasteiger partial charge in [-0.15, -0.1) is 0 Å². The second-order valence-electron chi connectivity index (χ2n) is 10.5. The maximum absolute atomic E-state index is 15.1. The van der Waals surface area contributed by atoms with E-state index in [2.05, 4.69) is 11.8 Å². The highest BCUT2D eigenvalue weighted by Crippen LogP contribution is 2.48. The van der Waals surface area contributed by atoms with E-state index in [1.807, 2.05) is 18.2 Å². The Morgan fingerprint density at radius 2 is 1.89 bits per heavy atom. The van der Waals surface area contributed by atoms with Crippen LogP contribution in [0.25, 0.3) is 0 Å². The molecule has 9 heteroatoms. The van der Waals surface area contributed by atoms with E-state index in [-0.39, 0.29) is 22.6 Å². The van der Waals surface area contributed by atoms with E-state index in [4.69, 9.17) is 32.9 Å². The Morgan fingerprint density at radius 3 is 2.58 bits per heavy atom. The number of benzene rings is 3. The normalized spacial score (nSPS) is 20.7. The molecule has 1 N–H and O–H groups in total. The molecule has 0 fully saturated rings. The van der Waals surface area contributed by atoms with Gasteiger partial charge in [0.25, 0.3) is 0 Å². The van der Waals surface area contributed by atoms with Gasteiger partial charge in [0.05, 0.1) is 30.3 Å². The molecule has 3 aromatic carbocycles. The van der Waals surface area contributed by atoms with Gasteiger partial charge in [-0.3, -0.25) is 4.99 Å². The van der Waals surface area contributed by atoms with Crippen molar-refractivity contribution in [1.29, 1.82) is 0 Å². The van der Waals surface area contributed by atoms with Gasteiger partial charge in [-0.05, 0) is 79.4 Å². The number of nitrogens with zero attached hydrogens (tertiary/aromatic N) is 2. The lowest BCUT2D eigenvalue weighted by Gasteiger charge is -2.47. The molecule has 2 heterocycles. The van der Waals surface area contributed by atoms with Crippen LogP contribution in [0.4, 0.5) is 14.5 Å². The lowest BCUT2D eigenvalue weighted by atomic mass is 9.68. The Kier molecular flexibility index (Phi) is 7.18. The van der Waals surface area contributed by atoms with Crippen molar-refractivity contribution in [3.8, 4) is 5.75 Å². The van der Waals surface area contributed by atoms with Gasteiger partial charge in [0.15, 0.2) is 5.17 Å². The Hall–Kier alpha value is -2.32. The summed E-state index contributed by atoms with van der Waals surface area (Å²) in [6, 6.07) is 13.4. The number of halogens is 4. The Labute approximate surface area is 235 Å². The zero-order valence-electron chi connectivity index (χ0n) is 21.5. The van der Waals surface area contributed by atoms with Gasteiger partial charge in [-0.1, -0.05) is 48.0 Å². The number of aliphatic imine (C=N–C) groups is 1. The number of aliphatic hydroxyl groups is 1. The lowest BCUT2D eigenvalue weighted by Crippen LogP contribution is -2.54. The first-order valence-corrected chi connectivity index (χ1v) is 14.0. The highest BCUT2D eigenvalue weighted by atomic mass is 35.5. The molecule has 0 saturated heterocycles. The van der Waals surface area contributed by atoms with E-state index in [0.717, 1.165) is 22.0 Å². The summed E-state index contributed by atoms with van der Waals surface area (Å²) >= 11 is 14.1. The van der Waals surface area contributed by atoms with Crippen LogP contribution in [0.15, 0.2) is 53.5 Å². The van der Waals surface area contributed by atoms with Crippen molar-refractivity contribution in [3.05, 3.63) is 92.5 Å². The van der Waals surface area contributed by atoms with Crippen LogP contribution in [0.1, 0.15) is 43.0 Å². The Morgan fingerprint density at radius 1 is 1.13 bits per heavy atom. The third-order valence-corrected chi connectivity index (χ3v) is 9.18. The molecule has 0 aromatic heterocycles. The number of thioether (sulfide) groups is 1. The minimum atomic E-state index is -1.21. The SMILES string of the molecule is COc1cc(C2(C)Cc3cc(F)ccc3N3C(SCc4c(F)cc(C(C)(C)O)cc4Cl)=NCC32)ccc1Cl. The van der Waals surface area contributed by atoms with Gasteiger partial charge in [0.2, 0.25) is 0 Å². The van der Waals surface area contributed by atoms with Crippen molar-refractivity contribution >= 4 is 45.8 Å². The second-order valence-corrected chi connectivity index (χ2v) is 12.2. The number of hydrogen-bond donors (Lipinski definition) is 1. The number of hydrogen-bond acceptors (Lipinski definition) is 5. The molecule has 0 saturated carbocycles. The van der Waals surface area contributed by atoms with Gasteiger partial charge in [0, 0.05) is 27.4 Å². The van der Waals surface area contributed by atoms with Gasteiger partial charge < -0.3 is 14.7 Å². The minimum Gasteiger partial charge on any atom is -0.495 e. The number of amidine groups is 1. The molecule has 0 spiro atoms. The predicted molar refractivity (Wildman–Crippen MR) is 152 cm³/mol.